The fourth-order valence-corrected chi connectivity index (χ4v) is 3.63. The number of nitrogens with zero attached hydrogens (tertiary/aromatic N) is 2. The van der Waals surface area contributed by atoms with Crippen molar-refractivity contribution < 1.29 is 14.3 Å². The SMILES string of the molecule is CCOc1cccc(NC(=O)[C@@H]2CC(=O)N(C)C(=Nc3ccccc3)S2)c1. The van der Waals surface area contributed by atoms with Crippen molar-refractivity contribution in [1.82, 2.24) is 4.90 Å². The van der Waals surface area contributed by atoms with Crippen LogP contribution in [0.3, 0.4) is 0 Å². The van der Waals surface area contributed by atoms with Crippen LogP contribution in [0.2, 0.25) is 0 Å². The Morgan fingerprint density at radius 1 is 1.26 bits per heavy atom. The highest BCUT2D eigenvalue weighted by molar-refractivity contribution is 8.15. The highest BCUT2D eigenvalue weighted by Crippen LogP contribution is 2.29. The van der Waals surface area contributed by atoms with Crippen LogP contribution >= 0.6 is 11.8 Å². The van der Waals surface area contributed by atoms with Crippen LogP contribution in [-0.2, 0) is 9.59 Å². The molecule has 6 nitrogen and oxygen atoms in total. The van der Waals surface area contributed by atoms with Gasteiger partial charge in [0, 0.05) is 25.2 Å². The molecule has 7 heteroatoms. The summed E-state index contributed by atoms with van der Waals surface area (Å²) < 4.78 is 5.45. The monoisotopic (exact) mass is 383 g/mol. The number of thioether (sulfide) groups is 1. The average molecular weight is 383 g/mol. The van der Waals surface area contributed by atoms with Gasteiger partial charge in [0.15, 0.2) is 5.17 Å². The number of amidine groups is 1. The standard InChI is InChI=1S/C20H21N3O3S/c1-3-26-16-11-7-10-15(12-16)21-19(25)17-13-18(24)23(2)20(27-17)22-14-8-5-4-6-9-14/h4-12,17H,3,13H2,1-2H3,(H,21,25)/t17-/m0/s1. The number of benzene rings is 2. The van der Waals surface area contributed by atoms with E-state index in [0.29, 0.717) is 23.2 Å². The zero-order chi connectivity index (χ0) is 19.2. The molecule has 1 aliphatic heterocycles. The number of ether oxygens (including phenoxy) is 1. The number of para-hydroxylation sites is 1. The van der Waals surface area contributed by atoms with Crippen LogP contribution in [0.4, 0.5) is 11.4 Å². The molecule has 1 aliphatic rings. The Balaban J connectivity index is 1.74. The minimum atomic E-state index is -0.535. The molecule has 0 radical (unpaired) electrons. The van der Waals surface area contributed by atoms with E-state index in [4.69, 9.17) is 4.74 Å². The molecule has 3 rings (SSSR count). The third kappa shape index (κ3) is 4.89. The summed E-state index contributed by atoms with van der Waals surface area (Å²) >= 11 is 1.29. The van der Waals surface area contributed by atoms with Crippen LogP contribution in [0.15, 0.2) is 59.6 Å². The summed E-state index contributed by atoms with van der Waals surface area (Å²) in [6.45, 7) is 2.45. The summed E-state index contributed by atoms with van der Waals surface area (Å²) in [6, 6.07) is 16.6. The van der Waals surface area contributed by atoms with Gasteiger partial charge in [-0.3, -0.25) is 14.5 Å². The number of amides is 2. The highest BCUT2D eigenvalue weighted by atomic mass is 32.2. The van der Waals surface area contributed by atoms with Crippen LogP contribution < -0.4 is 10.1 Å². The lowest BCUT2D eigenvalue weighted by Gasteiger charge is -2.28. The number of carbonyl (C=O) groups excluding carboxylic acids is 2. The van der Waals surface area contributed by atoms with Gasteiger partial charge in [-0.15, -0.1) is 0 Å². The number of nitrogens with one attached hydrogen (secondary N) is 1. The Morgan fingerprint density at radius 2 is 2.04 bits per heavy atom. The van der Waals surface area contributed by atoms with Gasteiger partial charge >= 0.3 is 0 Å². The lowest BCUT2D eigenvalue weighted by atomic mass is 10.2. The lowest BCUT2D eigenvalue weighted by Crippen LogP contribution is -2.43. The van der Waals surface area contributed by atoms with Crippen molar-refractivity contribution in [1.29, 1.82) is 0 Å². The molecule has 2 amide bonds. The first-order chi connectivity index (χ1) is 13.1. The first-order valence-corrected chi connectivity index (χ1v) is 9.55. The average Bonchev–Trinajstić information content (AvgIpc) is 2.66. The quantitative estimate of drug-likeness (QED) is 0.855. The summed E-state index contributed by atoms with van der Waals surface area (Å²) in [6.07, 6.45) is 0.131. The first-order valence-electron chi connectivity index (χ1n) is 8.67. The fraction of sp³-hybridized carbons (Fsp3) is 0.250. The number of hydrogen-bond acceptors (Lipinski definition) is 5. The Kier molecular flexibility index (Phi) is 6.13. The van der Waals surface area contributed by atoms with E-state index in [0.717, 1.165) is 5.69 Å². The van der Waals surface area contributed by atoms with Crippen molar-refractivity contribution in [2.75, 3.05) is 19.0 Å². The second kappa shape index (κ2) is 8.73. The molecule has 0 saturated carbocycles. The molecule has 0 unspecified atom stereocenters. The zero-order valence-electron chi connectivity index (χ0n) is 15.2. The molecule has 27 heavy (non-hydrogen) atoms. The summed E-state index contributed by atoms with van der Waals surface area (Å²) in [5, 5.41) is 2.84. The largest absolute Gasteiger partial charge is 0.494 e. The molecule has 1 saturated heterocycles. The van der Waals surface area contributed by atoms with Gasteiger partial charge in [0.25, 0.3) is 0 Å². The molecular formula is C20H21N3O3S. The maximum Gasteiger partial charge on any atom is 0.238 e. The van der Waals surface area contributed by atoms with E-state index in [-0.39, 0.29) is 18.2 Å². The van der Waals surface area contributed by atoms with E-state index in [1.807, 2.05) is 49.4 Å². The van der Waals surface area contributed by atoms with Gasteiger partial charge in [0.2, 0.25) is 11.8 Å². The fourth-order valence-electron chi connectivity index (χ4n) is 2.56. The molecule has 2 aromatic rings. The van der Waals surface area contributed by atoms with Crippen molar-refractivity contribution >= 4 is 40.1 Å². The Labute approximate surface area is 162 Å². The molecule has 140 valence electrons. The van der Waals surface area contributed by atoms with E-state index in [2.05, 4.69) is 10.3 Å². The zero-order valence-corrected chi connectivity index (χ0v) is 16.0. The number of aliphatic imine (C=N–C) groups is 1. The Morgan fingerprint density at radius 3 is 2.78 bits per heavy atom. The smallest absolute Gasteiger partial charge is 0.238 e. The summed E-state index contributed by atoms with van der Waals surface area (Å²) in [7, 11) is 1.68. The van der Waals surface area contributed by atoms with Crippen LogP contribution in [0, 0.1) is 0 Å². The van der Waals surface area contributed by atoms with Crippen molar-refractivity contribution in [3.63, 3.8) is 0 Å². The number of anilines is 1. The second-order valence-electron chi connectivity index (χ2n) is 5.94. The topological polar surface area (TPSA) is 71.0 Å². The molecular weight excluding hydrogens is 362 g/mol. The maximum absolute atomic E-state index is 12.7. The molecule has 0 spiro atoms. The molecule has 0 aromatic heterocycles. The third-order valence-corrected chi connectivity index (χ3v) is 5.20. The molecule has 0 aliphatic carbocycles. The minimum Gasteiger partial charge on any atom is -0.494 e. The van der Waals surface area contributed by atoms with Gasteiger partial charge in [-0.25, -0.2) is 4.99 Å². The van der Waals surface area contributed by atoms with E-state index in [1.54, 1.807) is 19.2 Å². The predicted molar refractivity (Wildman–Crippen MR) is 109 cm³/mol. The van der Waals surface area contributed by atoms with Gasteiger partial charge in [-0.05, 0) is 31.2 Å². The van der Waals surface area contributed by atoms with Crippen molar-refractivity contribution in [3.8, 4) is 5.75 Å². The van der Waals surface area contributed by atoms with Gasteiger partial charge in [-0.1, -0.05) is 36.0 Å². The maximum atomic E-state index is 12.7. The molecule has 0 bridgehead atoms. The van der Waals surface area contributed by atoms with Gasteiger partial charge in [0.05, 0.1) is 12.3 Å². The summed E-state index contributed by atoms with van der Waals surface area (Å²) in [5.74, 6) is 0.330. The highest BCUT2D eigenvalue weighted by Gasteiger charge is 2.34. The third-order valence-electron chi connectivity index (χ3n) is 3.95. The van der Waals surface area contributed by atoms with Crippen LogP contribution in [0.1, 0.15) is 13.3 Å². The molecule has 1 heterocycles. The van der Waals surface area contributed by atoms with Gasteiger partial charge < -0.3 is 10.1 Å². The summed E-state index contributed by atoms with van der Waals surface area (Å²) in [5.41, 5.74) is 1.38. The molecule has 1 N–H and O–H groups in total. The Hall–Kier alpha value is -2.80. The lowest BCUT2D eigenvalue weighted by molar-refractivity contribution is -0.128. The van der Waals surface area contributed by atoms with E-state index in [1.165, 1.54) is 16.7 Å². The molecule has 1 fully saturated rings. The molecule has 1 atom stereocenters. The number of carbonyl (C=O) groups is 2. The van der Waals surface area contributed by atoms with E-state index >= 15 is 0 Å². The first kappa shape index (κ1) is 19.0. The normalized spacial score (nSPS) is 18.4. The number of hydrogen-bond donors (Lipinski definition) is 1. The summed E-state index contributed by atoms with van der Waals surface area (Å²) in [4.78, 5) is 31.0. The van der Waals surface area contributed by atoms with Crippen LogP contribution in [0.5, 0.6) is 5.75 Å². The van der Waals surface area contributed by atoms with Crippen molar-refractivity contribution in [2.45, 2.75) is 18.6 Å². The molecule has 2 aromatic carbocycles. The number of rotatable bonds is 5. The van der Waals surface area contributed by atoms with Crippen LogP contribution in [0.25, 0.3) is 0 Å². The predicted octanol–water partition coefficient (Wildman–Crippen LogP) is 3.68. The van der Waals surface area contributed by atoms with Crippen molar-refractivity contribution in [3.05, 3.63) is 54.6 Å². The van der Waals surface area contributed by atoms with Crippen LogP contribution in [-0.4, -0.2) is 40.8 Å². The van der Waals surface area contributed by atoms with Gasteiger partial charge in [0.1, 0.15) is 11.0 Å². The minimum absolute atomic E-state index is 0.131. The Bertz CT molecular complexity index is 855. The van der Waals surface area contributed by atoms with Crippen molar-refractivity contribution in [2.24, 2.45) is 4.99 Å². The second-order valence-corrected chi connectivity index (χ2v) is 7.11. The van der Waals surface area contributed by atoms with E-state index in [9.17, 15) is 9.59 Å². The van der Waals surface area contributed by atoms with Gasteiger partial charge in [-0.2, -0.15) is 0 Å². The van der Waals surface area contributed by atoms with E-state index < -0.39 is 5.25 Å².